The van der Waals surface area contributed by atoms with Crippen molar-refractivity contribution < 1.29 is 22.7 Å². The fourth-order valence-electron chi connectivity index (χ4n) is 4.79. The first-order valence-electron chi connectivity index (χ1n) is 12.7. The SMILES string of the molecule is CN/C=C(/SNC(=O)c1ccc(-n2ccc(OCC3(C(F)(F)F)CC3)n2)nc1N1CC(C)CC1(C)C)C(C)=N. The highest BCUT2D eigenvalue weighted by Crippen LogP contribution is 2.57. The molecule has 1 unspecified atom stereocenters. The molecule has 2 aliphatic rings. The Morgan fingerprint density at radius 2 is 2.03 bits per heavy atom. The van der Waals surface area contributed by atoms with Gasteiger partial charge in [0.2, 0.25) is 5.88 Å². The fourth-order valence-corrected chi connectivity index (χ4v) is 5.44. The van der Waals surface area contributed by atoms with E-state index in [4.69, 9.17) is 15.1 Å². The molecule has 0 aromatic carbocycles. The number of hydrogen-bond donors (Lipinski definition) is 3. The van der Waals surface area contributed by atoms with Crippen molar-refractivity contribution in [1.29, 1.82) is 5.41 Å². The highest BCUT2D eigenvalue weighted by Gasteiger charge is 2.64. The number of carbonyl (C=O) groups excluding carboxylic acids is 1. The van der Waals surface area contributed by atoms with Crippen LogP contribution in [-0.2, 0) is 0 Å². The van der Waals surface area contributed by atoms with Crippen LogP contribution >= 0.6 is 11.9 Å². The molecule has 1 aliphatic carbocycles. The molecule has 4 rings (SSSR count). The molecule has 0 bridgehead atoms. The van der Waals surface area contributed by atoms with E-state index in [1.54, 1.807) is 38.5 Å². The van der Waals surface area contributed by atoms with Crippen LogP contribution in [0.5, 0.6) is 5.88 Å². The fraction of sp³-hybridized carbons (Fsp3) is 0.538. The maximum Gasteiger partial charge on any atom is 0.397 e. The molecule has 1 saturated carbocycles. The van der Waals surface area contributed by atoms with Crippen molar-refractivity contribution in [3.63, 3.8) is 0 Å². The van der Waals surface area contributed by atoms with Crippen molar-refractivity contribution in [2.24, 2.45) is 11.3 Å². The number of ether oxygens (including phenoxy) is 1. The number of nitrogens with zero attached hydrogens (tertiary/aromatic N) is 4. The van der Waals surface area contributed by atoms with Crippen molar-refractivity contribution in [1.82, 2.24) is 24.8 Å². The lowest BCUT2D eigenvalue weighted by atomic mass is 9.97. The van der Waals surface area contributed by atoms with Crippen LogP contribution in [0.3, 0.4) is 0 Å². The molecule has 0 radical (unpaired) electrons. The summed E-state index contributed by atoms with van der Waals surface area (Å²) in [7, 11) is 1.72. The van der Waals surface area contributed by atoms with E-state index in [9.17, 15) is 18.0 Å². The van der Waals surface area contributed by atoms with Crippen molar-refractivity contribution in [2.45, 2.75) is 58.7 Å². The molecule has 212 valence electrons. The van der Waals surface area contributed by atoms with Gasteiger partial charge < -0.3 is 20.4 Å². The average Bonchev–Trinajstić information content (AvgIpc) is 3.43. The van der Waals surface area contributed by atoms with Gasteiger partial charge in [-0.2, -0.15) is 13.2 Å². The zero-order chi connectivity index (χ0) is 28.6. The molecule has 13 heteroatoms. The Morgan fingerprint density at radius 1 is 1.31 bits per heavy atom. The minimum atomic E-state index is -4.30. The molecule has 3 N–H and O–H groups in total. The number of alkyl halides is 3. The third-order valence-corrected chi connectivity index (χ3v) is 8.01. The van der Waals surface area contributed by atoms with Gasteiger partial charge in [-0.1, -0.05) is 6.92 Å². The molecule has 2 aromatic rings. The summed E-state index contributed by atoms with van der Waals surface area (Å²) in [6.45, 7) is 8.21. The van der Waals surface area contributed by atoms with E-state index in [0.717, 1.165) is 18.4 Å². The number of rotatable bonds is 10. The van der Waals surface area contributed by atoms with E-state index in [2.05, 4.69) is 40.8 Å². The normalized spacial score (nSPS) is 20.1. The largest absolute Gasteiger partial charge is 0.476 e. The van der Waals surface area contributed by atoms with E-state index in [-0.39, 0.29) is 30.2 Å². The van der Waals surface area contributed by atoms with Gasteiger partial charge in [-0.3, -0.25) is 9.52 Å². The summed E-state index contributed by atoms with van der Waals surface area (Å²) in [5.74, 6) is 0.988. The first-order valence-corrected chi connectivity index (χ1v) is 13.5. The highest BCUT2D eigenvalue weighted by molar-refractivity contribution is 8.02. The number of anilines is 1. The van der Waals surface area contributed by atoms with Gasteiger partial charge in [0, 0.05) is 43.3 Å². The Labute approximate surface area is 230 Å². The van der Waals surface area contributed by atoms with E-state index in [0.29, 0.717) is 40.3 Å². The Morgan fingerprint density at radius 3 is 2.59 bits per heavy atom. The second kappa shape index (κ2) is 10.7. The molecule has 1 amide bonds. The third-order valence-electron chi connectivity index (χ3n) is 7.08. The molecule has 1 atom stereocenters. The minimum absolute atomic E-state index is 0.0552. The number of pyridine rings is 1. The Kier molecular flexibility index (Phi) is 7.93. The first kappa shape index (κ1) is 28.8. The third kappa shape index (κ3) is 6.18. The number of amides is 1. The van der Waals surface area contributed by atoms with Crippen molar-refractivity contribution >= 4 is 29.4 Å². The second-order valence-corrected chi connectivity index (χ2v) is 11.7. The van der Waals surface area contributed by atoms with Gasteiger partial charge >= 0.3 is 6.18 Å². The molecule has 9 nitrogen and oxygen atoms in total. The van der Waals surface area contributed by atoms with Crippen LogP contribution in [-0.4, -0.2) is 58.3 Å². The number of halogens is 3. The predicted molar refractivity (Wildman–Crippen MR) is 145 cm³/mol. The second-order valence-electron chi connectivity index (χ2n) is 10.9. The number of allylic oxidation sites excluding steroid dienone is 1. The van der Waals surface area contributed by atoms with Crippen LogP contribution in [0.2, 0.25) is 0 Å². The Bertz CT molecular complexity index is 1270. The van der Waals surface area contributed by atoms with Crippen molar-refractivity contribution in [2.75, 3.05) is 25.1 Å². The molecular weight excluding hydrogens is 531 g/mol. The van der Waals surface area contributed by atoms with Crippen LogP contribution in [0.25, 0.3) is 5.82 Å². The molecule has 1 saturated heterocycles. The topological polar surface area (TPSA) is 108 Å². The van der Waals surface area contributed by atoms with Crippen LogP contribution in [0.15, 0.2) is 35.5 Å². The number of hydrogen-bond acceptors (Lipinski definition) is 8. The van der Waals surface area contributed by atoms with Crippen molar-refractivity contribution in [3.8, 4) is 11.7 Å². The molecule has 2 aromatic heterocycles. The summed E-state index contributed by atoms with van der Waals surface area (Å²) in [5.41, 5.74) is -1.38. The summed E-state index contributed by atoms with van der Waals surface area (Å²) in [5, 5.41) is 15.1. The average molecular weight is 566 g/mol. The molecule has 2 fully saturated rings. The number of nitrogens with one attached hydrogen (secondary N) is 3. The van der Waals surface area contributed by atoms with E-state index in [1.165, 1.54) is 10.7 Å². The summed E-state index contributed by atoms with van der Waals surface area (Å²) in [6, 6.07) is 4.80. The monoisotopic (exact) mass is 565 g/mol. The van der Waals surface area contributed by atoms with E-state index >= 15 is 0 Å². The quantitative estimate of drug-likeness (QED) is 0.272. The lowest BCUT2D eigenvalue weighted by Gasteiger charge is -2.34. The standard InChI is InChI=1S/C26H34F3N7O2S/c1-16-12-24(3,4)35(14-16)22-18(23(37)34-39-19(13-31-5)17(2)30)6-7-20(32-22)36-11-8-21(33-36)38-15-25(9-10-25)26(27,28)29/h6-8,11,13,16,30-31H,9-10,12,14-15H2,1-5H3,(H,34,37)/b19-13+,30-17?. The Hall–Kier alpha value is -3.22. The van der Waals surface area contributed by atoms with Gasteiger partial charge in [-0.15, -0.1) is 5.10 Å². The minimum Gasteiger partial charge on any atom is -0.476 e. The highest BCUT2D eigenvalue weighted by atomic mass is 32.2. The van der Waals surface area contributed by atoms with Crippen molar-refractivity contribution in [3.05, 3.63) is 41.1 Å². The van der Waals surface area contributed by atoms with Gasteiger partial charge in [-0.25, -0.2) is 9.67 Å². The Balaban J connectivity index is 1.60. The van der Waals surface area contributed by atoms with Crippen LogP contribution in [0, 0.1) is 16.7 Å². The summed E-state index contributed by atoms with van der Waals surface area (Å²) < 4.78 is 49.4. The predicted octanol–water partition coefficient (Wildman–Crippen LogP) is 5.09. The zero-order valence-electron chi connectivity index (χ0n) is 22.6. The number of aromatic nitrogens is 3. The lowest BCUT2D eigenvalue weighted by Crippen LogP contribution is -2.40. The summed E-state index contributed by atoms with van der Waals surface area (Å²) >= 11 is 1.04. The van der Waals surface area contributed by atoms with Crippen LogP contribution in [0.1, 0.15) is 57.3 Å². The first-order chi connectivity index (χ1) is 18.3. The summed E-state index contributed by atoms with van der Waals surface area (Å²) in [4.78, 5) is 20.8. The molecule has 3 heterocycles. The maximum absolute atomic E-state index is 13.3. The van der Waals surface area contributed by atoms with E-state index < -0.39 is 18.2 Å². The molecule has 39 heavy (non-hydrogen) atoms. The molecule has 0 spiro atoms. The molecule has 1 aliphatic heterocycles. The van der Waals surface area contributed by atoms with Gasteiger partial charge in [0.15, 0.2) is 5.82 Å². The van der Waals surface area contributed by atoms with Gasteiger partial charge in [-0.05, 0) is 70.0 Å². The number of carbonyl (C=O) groups is 1. The van der Waals surface area contributed by atoms with E-state index in [1.807, 2.05) is 0 Å². The smallest absolute Gasteiger partial charge is 0.397 e. The summed E-state index contributed by atoms with van der Waals surface area (Å²) in [6.07, 6.45) is -0.0698. The zero-order valence-corrected chi connectivity index (χ0v) is 23.5. The van der Waals surface area contributed by atoms with Gasteiger partial charge in [0.1, 0.15) is 17.8 Å². The van der Waals surface area contributed by atoms with Gasteiger partial charge in [0.25, 0.3) is 5.91 Å². The van der Waals surface area contributed by atoms with Crippen LogP contribution < -0.4 is 19.7 Å². The molecular formula is C26H34F3N7O2S. The van der Waals surface area contributed by atoms with Crippen LogP contribution in [0.4, 0.5) is 19.0 Å². The maximum atomic E-state index is 13.3. The lowest BCUT2D eigenvalue weighted by molar-refractivity contribution is -0.194. The van der Waals surface area contributed by atoms with Gasteiger partial charge in [0.05, 0.1) is 10.5 Å².